The van der Waals surface area contributed by atoms with Gasteiger partial charge in [0.2, 0.25) is 0 Å². The molecule has 1 heterocycles. The van der Waals surface area contributed by atoms with Crippen molar-refractivity contribution >= 4 is 17.3 Å². The predicted octanol–water partition coefficient (Wildman–Crippen LogP) is -1.45. The van der Waals surface area contributed by atoms with Crippen molar-refractivity contribution in [2.24, 2.45) is 0 Å². The van der Waals surface area contributed by atoms with E-state index in [0.29, 0.717) is 0 Å². The number of aromatic nitrogens is 3. The van der Waals surface area contributed by atoms with Crippen molar-refractivity contribution < 1.29 is 32.4 Å². The van der Waals surface area contributed by atoms with Gasteiger partial charge in [0.05, 0.1) is 0 Å². The number of hydrogen-bond acceptors (Lipinski definition) is 7. The fourth-order valence-corrected chi connectivity index (χ4v) is 1.65. The first-order valence-corrected chi connectivity index (χ1v) is 6.19. The van der Waals surface area contributed by atoms with Crippen LogP contribution in [0.25, 0.3) is 0 Å². The quantitative estimate of drug-likeness (QED) is 0.417. The third kappa shape index (κ3) is 3.35. The summed E-state index contributed by atoms with van der Waals surface area (Å²) in [6.45, 7) is 7.41. The molecule has 0 spiro atoms. The maximum atomic E-state index is 13.3. The van der Waals surface area contributed by atoms with E-state index in [1.807, 2.05) is 0 Å². The molecule has 1 aromatic rings. The third-order valence-corrected chi connectivity index (χ3v) is 2.74. The summed E-state index contributed by atoms with van der Waals surface area (Å²) < 4.78 is 39.4. The number of hydrogen-bond donors (Lipinski definition) is 2. The molecule has 1 aromatic heterocycles. The van der Waals surface area contributed by atoms with Crippen molar-refractivity contribution in [3.05, 3.63) is 68.7 Å². The van der Waals surface area contributed by atoms with E-state index in [2.05, 4.69) is 24.6 Å². The monoisotopic (exact) mass is 375 g/mol. The second-order valence-corrected chi connectivity index (χ2v) is 4.46. The van der Waals surface area contributed by atoms with Crippen molar-refractivity contribution in [3.8, 4) is 0 Å². The maximum Gasteiger partial charge on any atom is 0.367 e. The van der Waals surface area contributed by atoms with E-state index in [0.717, 1.165) is 0 Å². The van der Waals surface area contributed by atoms with Crippen LogP contribution in [-0.4, -0.2) is 37.6 Å². The minimum atomic E-state index is -4.10. The van der Waals surface area contributed by atoms with Gasteiger partial charge in [-0.1, -0.05) is 24.5 Å². The van der Waals surface area contributed by atoms with Gasteiger partial charge in [-0.05, 0) is 0 Å². The van der Waals surface area contributed by atoms with Crippen LogP contribution in [0.5, 0.6) is 0 Å². The molecule has 0 saturated carbocycles. The summed E-state index contributed by atoms with van der Waals surface area (Å²) >= 11 is 0. The summed E-state index contributed by atoms with van der Waals surface area (Å²) in [7, 11) is 0. The molecular formula is C13H8F3N3O7. The summed E-state index contributed by atoms with van der Waals surface area (Å²) in [5.74, 6) is -13.3. The highest BCUT2D eigenvalue weighted by Crippen LogP contribution is 2.24. The van der Waals surface area contributed by atoms with Crippen LogP contribution in [0.1, 0.15) is 0 Å². The number of aromatic amines is 2. The summed E-state index contributed by atoms with van der Waals surface area (Å²) in [5.41, 5.74) is -9.00. The molecule has 1 rings (SSSR count). The summed E-state index contributed by atoms with van der Waals surface area (Å²) in [4.78, 5) is 77.2. The predicted molar refractivity (Wildman–Crippen MR) is 77.0 cm³/mol. The second-order valence-electron chi connectivity index (χ2n) is 4.46. The molecule has 0 saturated heterocycles. The van der Waals surface area contributed by atoms with Gasteiger partial charge in [0.1, 0.15) is 0 Å². The lowest BCUT2D eigenvalue weighted by Crippen LogP contribution is -2.65. The molecule has 0 aliphatic heterocycles. The van der Waals surface area contributed by atoms with Crippen molar-refractivity contribution in [1.82, 2.24) is 14.7 Å². The first-order chi connectivity index (χ1) is 11.9. The van der Waals surface area contributed by atoms with Crippen molar-refractivity contribution in [2.75, 3.05) is 0 Å². The van der Waals surface area contributed by atoms with E-state index in [1.54, 1.807) is 0 Å². The van der Waals surface area contributed by atoms with Gasteiger partial charge in [0.15, 0.2) is 17.5 Å². The Balaban J connectivity index is 3.93. The molecule has 13 heteroatoms. The van der Waals surface area contributed by atoms with E-state index in [-0.39, 0.29) is 0 Å². The highest BCUT2D eigenvalue weighted by atomic mass is 19.1. The number of H-pyrrole nitrogens is 2. The molecule has 2 N–H and O–H groups in total. The molecule has 10 nitrogen and oxygen atoms in total. The molecule has 0 radical (unpaired) electrons. The maximum absolute atomic E-state index is 13.3. The molecule has 0 aromatic carbocycles. The SMILES string of the molecule is C=C(F)C(=O)C(On1c(=O)[nH]c(=O)[nH]c1=O)(C(=O)C(=C)F)C(=O)C(=C)F. The van der Waals surface area contributed by atoms with E-state index >= 15 is 0 Å². The lowest BCUT2D eigenvalue weighted by atomic mass is 9.86. The van der Waals surface area contributed by atoms with Crippen LogP contribution in [0.4, 0.5) is 13.2 Å². The van der Waals surface area contributed by atoms with Gasteiger partial charge < -0.3 is 4.84 Å². The first-order valence-electron chi connectivity index (χ1n) is 6.19. The number of carbonyl (C=O) groups excluding carboxylic acids is 3. The van der Waals surface area contributed by atoms with Gasteiger partial charge in [0.25, 0.3) is 17.3 Å². The lowest BCUT2D eigenvalue weighted by Gasteiger charge is -2.26. The Labute approximate surface area is 139 Å². The van der Waals surface area contributed by atoms with Crippen LogP contribution in [0.2, 0.25) is 0 Å². The number of nitrogens with zero attached hydrogens (tertiary/aromatic N) is 1. The average molecular weight is 375 g/mol. The molecule has 138 valence electrons. The molecule has 0 aliphatic rings. The van der Waals surface area contributed by atoms with E-state index in [1.165, 1.54) is 9.97 Å². The van der Waals surface area contributed by atoms with Crippen molar-refractivity contribution in [1.29, 1.82) is 0 Å². The van der Waals surface area contributed by atoms with Crippen LogP contribution in [-0.2, 0) is 14.4 Å². The smallest absolute Gasteiger partial charge is 0.367 e. The molecule has 0 fully saturated rings. The lowest BCUT2D eigenvalue weighted by molar-refractivity contribution is -0.164. The summed E-state index contributed by atoms with van der Waals surface area (Å²) in [6.07, 6.45) is 0. The van der Waals surface area contributed by atoms with Gasteiger partial charge in [-0.25, -0.2) is 27.6 Å². The van der Waals surface area contributed by atoms with E-state index in [9.17, 15) is 41.9 Å². The number of ketones is 3. The van der Waals surface area contributed by atoms with Gasteiger partial charge in [-0.2, -0.15) is 0 Å². The fraction of sp³-hybridized carbons (Fsp3) is 0.0769. The summed E-state index contributed by atoms with van der Waals surface area (Å²) in [5, 5.41) is 0. The number of halogens is 3. The number of rotatable bonds is 8. The first kappa shape index (κ1) is 20.3. The number of nitrogens with one attached hydrogen (secondary N) is 2. The Morgan fingerprint density at radius 1 is 0.808 bits per heavy atom. The van der Waals surface area contributed by atoms with Gasteiger partial charge in [-0.15, -0.1) is 0 Å². The zero-order valence-electron chi connectivity index (χ0n) is 12.6. The molecule has 0 amide bonds. The highest BCUT2D eigenvalue weighted by Gasteiger charge is 2.59. The average Bonchev–Trinajstić information content (AvgIpc) is 2.52. The molecule has 0 unspecified atom stereocenters. The molecule has 0 bridgehead atoms. The van der Waals surface area contributed by atoms with E-state index < -0.39 is 62.2 Å². The van der Waals surface area contributed by atoms with Crippen LogP contribution in [0.3, 0.4) is 0 Å². The highest BCUT2D eigenvalue weighted by molar-refractivity contribution is 6.37. The minimum Gasteiger partial charge on any atom is -0.372 e. The van der Waals surface area contributed by atoms with Crippen LogP contribution >= 0.6 is 0 Å². The van der Waals surface area contributed by atoms with Crippen molar-refractivity contribution in [3.63, 3.8) is 0 Å². The fourth-order valence-electron chi connectivity index (χ4n) is 1.65. The van der Waals surface area contributed by atoms with Gasteiger partial charge in [0, 0.05) is 0 Å². The Morgan fingerprint density at radius 2 is 1.12 bits per heavy atom. The summed E-state index contributed by atoms with van der Waals surface area (Å²) in [6, 6.07) is 0. The van der Waals surface area contributed by atoms with Crippen LogP contribution in [0.15, 0.2) is 51.6 Å². The Kier molecular flexibility index (Phi) is 5.46. The van der Waals surface area contributed by atoms with Gasteiger partial charge in [-0.3, -0.25) is 24.4 Å². The van der Waals surface area contributed by atoms with Crippen LogP contribution in [0, 0.1) is 0 Å². The molecular weight excluding hydrogens is 367 g/mol. The number of Topliss-reactive ketones (excluding diaryl/α,β-unsaturated/α-hetero) is 3. The third-order valence-electron chi connectivity index (χ3n) is 2.74. The zero-order valence-corrected chi connectivity index (χ0v) is 12.6. The molecule has 0 aliphatic carbocycles. The standard InChI is InChI=1S/C13H8F3N3O7/c1-4(14)7(20)13(8(21)5(2)15,9(22)6(3)16)26-19-11(24)17-10(23)18-12(19)25/h1-3H2,(H2,17,18,23,24,25). The second kappa shape index (κ2) is 7.00. The number of carbonyl (C=O) groups is 3. The minimum absolute atomic E-state index is 0.607. The molecule has 0 atom stereocenters. The van der Waals surface area contributed by atoms with Gasteiger partial charge >= 0.3 is 22.7 Å². The molecule has 26 heavy (non-hydrogen) atoms. The zero-order chi connectivity index (χ0) is 20.4. The van der Waals surface area contributed by atoms with Crippen molar-refractivity contribution in [2.45, 2.75) is 5.60 Å². The Morgan fingerprint density at radius 3 is 1.38 bits per heavy atom. The normalized spacial score (nSPS) is 10.7. The Hall–Kier alpha value is -3.77. The topological polar surface area (TPSA) is 148 Å². The van der Waals surface area contributed by atoms with E-state index in [4.69, 9.17) is 0 Å². The largest absolute Gasteiger partial charge is 0.372 e. The van der Waals surface area contributed by atoms with Crippen LogP contribution < -0.4 is 21.9 Å². The Bertz CT molecular complexity index is 932.